The van der Waals surface area contributed by atoms with Gasteiger partial charge in [-0.05, 0) is 54.5 Å². The van der Waals surface area contributed by atoms with Crippen LogP contribution in [0.2, 0.25) is 0 Å². The van der Waals surface area contributed by atoms with Crippen molar-refractivity contribution in [2.45, 2.75) is 38.5 Å². The normalized spacial score (nSPS) is 18.0. The first-order valence-electron chi connectivity index (χ1n) is 9.93. The van der Waals surface area contributed by atoms with E-state index in [-0.39, 0.29) is 5.91 Å². The minimum absolute atomic E-state index is 0.165. The Labute approximate surface area is 161 Å². The zero-order valence-corrected chi connectivity index (χ0v) is 16.0. The molecule has 1 saturated carbocycles. The van der Waals surface area contributed by atoms with Crippen LogP contribution >= 0.6 is 0 Å². The number of carbonyl (C=O) groups excluding carboxylic acids is 1. The molecule has 0 aromatic heterocycles. The molecule has 0 heterocycles. The van der Waals surface area contributed by atoms with Gasteiger partial charge in [0.25, 0.3) is 0 Å². The van der Waals surface area contributed by atoms with Gasteiger partial charge in [0.2, 0.25) is 5.91 Å². The third-order valence-corrected chi connectivity index (χ3v) is 4.82. The smallest absolute Gasteiger partial charge is 0.219 e. The number of nitrogens with one attached hydrogen (secondary N) is 1. The zero-order valence-electron chi connectivity index (χ0n) is 16.0. The van der Waals surface area contributed by atoms with E-state index in [9.17, 15) is 4.79 Å². The summed E-state index contributed by atoms with van der Waals surface area (Å²) < 4.78 is 11.6. The highest BCUT2D eigenvalue weighted by Crippen LogP contribution is 2.47. The van der Waals surface area contributed by atoms with Gasteiger partial charge in [-0.15, -0.1) is 0 Å². The largest absolute Gasteiger partial charge is 0.493 e. The van der Waals surface area contributed by atoms with Gasteiger partial charge in [0, 0.05) is 19.4 Å². The highest BCUT2D eigenvalue weighted by molar-refractivity contribution is 5.75. The number of hydrogen-bond donors (Lipinski definition) is 1. The van der Waals surface area contributed by atoms with E-state index in [1.54, 1.807) is 0 Å². The molecule has 0 unspecified atom stereocenters. The van der Waals surface area contributed by atoms with Gasteiger partial charge in [-0.3, -0.25) is 4.79 Å². The fraction of sp³-hybridized carbons (Fsp3) is 0.435. The minimum Gasteiger partial charge on any atom is -0.493 e. The maximum absolute atomic E-state index is 11.6. The average molecular weight is 367 g/mol. The van der Waals surface area contributed by atoms with Crippen molar-refractivity contribution in [3.05, 3.63) is 60.2 Å². The Bertz CT molecular complexity index is 717. The summed E-state index contributed by atoms with van der Waals surface area (Å²) in [5.74, 6) is 3.06. The van der Waals surface area contributed by atoms with Gasteiger partial charge in [-0.1, -0.05) is 37.3 Å². The van der Waals surface area contributed by atoms with E-state index in [4.69, 9.17) is 9.47 Å². The second-order valence-electron chi connectivity index (χ2n) is 7.09. The van der Waals surface area contributed by atoms with E-state index in [0.29, 0.717) is 31.5 Å². The number of benzene rings is 2. The summed E-state index contributed by atoms with van der Waals surface area (Å²) in [5, 5.41) is 3.04. The van der Waals surface area contributed by atoms with Crippen LogP contribution in [0.3, 0.4) is 0 Å². The first kappa shape index (κ1) is 19.3. The Morgan fingerprint density at radius 1 is 1.04 bits per heavy atom. The lowest BCUT2D eigenvalue weighted by Gasteiger charge is -2.09. The molecule has 1 aliphatic rings. The van der Waals surface area contributed by atoms with E-state index in [2.05, 4.69) is 23.5 Å². The molecule has 2 atom stereocenters. The van der Waals surface area contributed by atoms with Crippen molar-refractivity contribution < 1.29 is 14.3 Å². The SMILES string of the molecule is CCCC(=O)NC[C@@H]1C[C@H]1c1cccc(OCCCOc2ccccc2)c1. The molecule has 0 radical (unpaired) electrons. The van der Waals surface area contributed by atoms with Crippen LogP contribution in [-0.2, 0) is 4.79 Å². The fourth-order valence-electron chi connectivity index (χ4n) is 3.23. The highest BCUT2D eigenvalue weighted by atomic mass is 16.5. The van der Waals surface area contributed by atoms with Crippen LogP contribution in [0.1, 0.15) is 44.1 Å². The van der Waals surface area contributed by atoms with Crippen molar-refractivity contribution in [2.24, 2.45) is 5.92 Å². The summed E-state index contributed by atoms with van der Waals surface area (Å²) >= 11 is 0. The Morgan fingerprint density at radius 3 is 2.56 bits per heavy atom. The van der Waals surface area contributed by atoms with Gasteiger partial charge in [0.05, 0.1) is 13.2 Å². The second-order valence-corrected chi connectivity index (χ2v) is 7.09. The molecule has 1 amide bonds. The van der Waals surface area contributed by atoms with Crippen LogP contribution in [-0.4, -0.2) is 25.7 Å². The quantitative estimate of drug-likeness (QED) is 0.593. The molecule has 144 valence electrons. The molecular formula is C23H29NO3. The van der Waals surface area contributed by atoms with Crippen molar-refractivity contribution in [3.8, 4) is 11.5 Å². The summed E-state index contributed by atoms with van der Waals surface area (Å²) in [6, 6.07) is 18.2. The van der Waals surface area contributed by atoms with Crippen molar-refractivity contribution in [1.29, 1.82) is 0 Å². The molecule has 0 spiro atoms. The first-order valence-corrected chi connectivity index (χ1v) is 9.93. The lowest BCUT2D eigenvalue weighted by molar-refractivity contribution is -0.121. The minimum atomic E-state index is 0.165. The lowest BCUT2D eigenvalue weighted by atomic mass is 10.1. The van der Waals surface area contributed by atoms with Crippen LogP contribution in [0.25, 0.3) is 0 Å². The van der Waals surface area contributed by atoms with E-state index < -0.39 is 0 Å². The van der Waals surface area contributed by atoms with Gasteiger partial charge < -0.3 is 14.8 Å². The van der Waals surface area contributed by atoms with Gasteiger partial charge in [-0.2, -0.15) is 0 Å². The van der Waals surface area contributed by atoms with E-state index in [1.807, 2.05) is 43.3 Å². The van der Waals surface area contributed by atoms with Crippen LogP contribution in [0.5, 0.6) is 11.5 Å². The third-order valence-electron chi connectivity index (χ3n) is 4.82. The van der Waals surface area contributed by atoms with Crippen LogP contribution in [0.15, 0.2) is 54.6 Å². The van der Waals surface area contributed by atoms with Crippen molar-refractivity contribution >= 4 is 5.91 Å². The molecular weight excluding hydrogens is 338 g/mol. The standard InChI is InChI=1S/C23H29NO3/c1-2-8-23(25)24-17-19-16-22(19)18-9-6-12-21(15-18)27-14-7-13-26-20-10-4-3-5-11-20/h3-6,9-12,15,19,22H,2,7-8,13-14,16-17H2,1H3,(H,24,25)/t19-,22-/m0/s1. The fourth-order valence-corrected chi connectivity index (χ4v) is 3.23. The summed E-state index contributed by atoms with van der Waals surface area (Å²) in [6.07, 6.45) is 3.50. The Balaban J connectivity index is 1.36. The number of rotatable bonds is 11. The predicted octanol–water partition coefficient (Wildman–Crippen LogP) is 4.55. The number of ether oxygens (including phenoxy) is 2. The molecule has 4 nitrogen and oxygen atoms in total. The number of amides is 1. The van der Waals surface area contributed by atoms with Gasteiger partial charge in [0.15, 0.2) is 0 Å². The average Bonchev–Trinajstić information content (AvgIpc) is 3.47. The molecule has 0 aliphatic heterocycles. The topological polar surface area (TPSA) is 47.6 Å². The molecule has 1 aliphatic carbocycles. The van der Waals surface area contributed by atoms with Gasteiger partial charge >= 0.3 is 0 Å². The molecule has 4 heteroatoms. The summed E-state index contributed by atoms with van der Waals surface area (Å²) in [6.45, 7) is 4.09. The van der Waals surface area contributed by atoms with E-state index >= 15 is 0 Å². The van der Waals surface area contributed by atoms with Crippen molar-refractivity contribution in [1.82, 2.24) is 5.32 Å². The summed E-state index contributed by atoms with van der Waals surface area (Å²) in [7, 11) is 0. The predicted molar refractivity (Wildman–Crippen MR) is 107 cm³/mol. The van der Waals surface area contributed by atoms with Gasteiger partial charge in [-0.25, -0.2) is 0 Å². The van der Waals surface area contributed by atoms with E-state index in [1.165, 1.54) is 5.56 Å². The molecule has 3 rings (SSSR count). The monoisotopic (exact) mass is 367 g/mol. The van der Waals surface area contributed by atoms with Crippen molar-refractivity contribution in [3.63, 3.8) is 0 Å². The summed E-state index contributed by atoms with van der Waals surface area (Å²) in [4.78, 5) is 11.6. The molecule has 0 saturated heterocycles. The molecule has 1 N–H and O–H groups in total. The number of para-hydroxylation sites is 1. The van der Waals surface area contributed by atoms with Crippen LogP contribution in [0, 0.1) is 5.92 Å². The molecule has 27 heavy (non-hydrogen) atoms. The number of hydrogen-bond acceptors (Lipinski definition) is 3. The Kier molecular flexibility index (Phi) is 7.14. The molecule has 1 fully saturated rings. The maximum atomic E-state index is 11.6. The maximum Gasteiger partial charge on any atom is 0.219 e. The third kappa shape index (κ3) is 6.31. The Morgan fingerprint density at radius 2 is 1.78 bits per heavy atom. The van der Waals surface area contributed by atoms with Crippen LogP contribution < -0.4 is 14.8 Å². The first-order chi connectivity index (χ1) is 13.3. The molecule has 0 bridgehead atoms. The molecule has 2 aromatic rings. The zero-order chi connectivity index (χ0) is 18.9. The lowest BCUT2D eigenvalue weighted by Crippen LogP contribution is -2.25. The van der Waals surface area contributed by atoms with Crippen LogP contribution in [0.4, 0.5) is 0 Å². The summed E-state index contributed by atoms with van der Waals surface area (Å²) in [5.41, 5.74) is 1.31. The highest BCUT2D eigenvalue weighted by Gasteiger charge is 2.38. The number of carbonyl (C=O) groups is 1. The van der Waals surface area contributed by atoms with Crippen molar-refractivity contribution in [2.75, 3.05) is 19.8 Å². The van der Waals surface area contributed by atoms with Gasteiger partial charge in [0.1, 0.15) is 11.5 Å². The second kappa shape index (κ2) is 10.0. The Hall–Kier alpha value is -2.49. The molecule has 2 aromatic carbocycles. The van der Waals surface area contributed by atoms with E-state index in [0.717, 1.165) is 37.3 Å².